The van der Waals surface area contributed by atoms with Gasteiger partial charge in [0.1, 0.15) is 0 Å². The second-order valence-electron chi connectivity index (χ2n) is 7.28. The van der Waals surface area contributed by atoms with Gasteiger partial charge in [-0.25, -0.2) is 0 Å². The molecule has 1 fully saturated rings. The smallest absolute Gasteiger partial charge is 0.237 e. The molecule has 0 aromatic heterocycles. The molecule has 1 heterocycles. The van der Waals surface area contributed by atoms with Crippen molar-refractivity contribution in [2.24, 2.45) is 5.73 Å². The Balaban J connectivity index is 1.50. The Bertz CT molecular complexity index is 708. The van der Waals surface area contributed by atoms with Crippen LogP contribution in [0.15, 0.2) is 60.7 Å². The minimum atomic E-state index is -0.660. The summed E-state index contributed by atoms with van der Waals surface area (Å²) in [4.78, 5) is 14.7. The highest BCUT2D eigenvalue weighted by molar-refractivity contribution is 5.82. The van der Waals surface area contributed by atoms with Crippen molar-refractivity contribution in [1.29, 1.82) is 0 Å². The van der Waals surface area contributed by atoms with Crippen LogP contribution in [0.5, 0.6) is 0 Å². The van der Waals surface area contributed by atoms with E-state index in [2.05, 4.69) is 10.2 Å². The van der Waals surface area contributed by atoms with Crippen molar-refractivity contribution in [3.8, 4) is 0 Å². The van der Waals surface area contributed by atoms with Crippen molar-refractivity contribution in [2.45, 2.75) is 44.0 Å². The number of benzene rings is 2. The highest BCUT2D eigenvalue weighted by Gasteiger charge is 2.32. The van der Waals surface area contributed by atoms with Crippen molar-refractivity contribution in [2.75, 3.05) is 13.1 Å². The van der Waals surface area contributed by atoms with Crippen LogP contribution in [0.2, 0.25) is 0 Å². The van der Waals surface area contributed by atoms with Crippen molar-refractivity contribution >= 4 is 5.91 Å². The Morgan fingerprint density at radius 3 is 2.41 bits per heavy atom. The molecule has 1 aliphatic rings. The number of carbonyl (C=O) groups excluding carboxylic acids is 1. The summed E-state index contributed by atoms with van der Waals surface area (Å²) < 4.78 is 0. The molecule has 0 bridgehead atoms. The normalized spacial score (nSPS) is 19.6. The molecule has 4 N–H and O–H groups in total. The Morgan fingerprint density at radius 1 is 1.11 bits per heavy atom. The quantitative estimate of drug-likeness (QED) is 0.664. The molecule has 2 aromatic rings. The second kappa shape index (κ2) is 9.65. The van der Waals surface area contributed by atoms with E-state index in [9.17, 15) is 9.90 Å². The van der Waals surface area contributed by atoms with E-state index < -0.39 is 6.10 Å². The number of β-amino-alcohol motifs (C(OH)–C–C–N with tert-alkyl or cyclic N) is 1. The predicted octanol–water partition coefficient (Wildman–Crippen LogP) is 1.70. The van der Waals surface area contributed by atoms with Gasteiger partial charge in [0, 0.05) is 19.1 Å². The molecule has 2 unspecified atom stereocenters. The zero-order valence-electron chi connectivity index (χ0n) is 15.6. The van der Waals surface area contributed by atoms with E-state index in [0.29, 0.717) is 19.5 Å². The van der Waals surface area contributed by atoms with E-state index in [1.165, 1.54) is 0 Å². The van der Waals surface area contributed by atoms with Crippen LogP contribution in [0.4, 0.5) is 0 Å². The second-order valence-corrected chi connectivity index (χ2v) is 7.28. The van der Waals surface area contributed by atoms with Crippen molar-refractivity contribution in [3.05, 3.63) is 71.8 Å². The minimum Gasteiger partial charge on any atom is -0.390 e. The molecular formula is C22H29N3O2. The maximum absolute atomic E-state index is 12.6. The summed E-state index contributed by atoms with van der Waals surface area (Å²) in [6, 6.07) is 19.3. The lowest BCUT2D eigenvalue weighted by atomic mass is 10.0. The van der Waals surface area contributed by atoms with Crippen LogP contribution in [-0.4, -0.2) is 47.2 Å². The molecule has 1 saturated heterocycles. The summed E-state index contributed by atoms with van der Waals surface area (Å²) in [5, 5.41) is 13.6. The summed E-state index contributed by atoms with van der Waals surface area (Å²) in [5.41, 5.74) is 8.40. The molecule has 144 valence electrons. The summed E-state index contributed by atoms with van der Waals surface area (Å²) in [6.07, 6.45) is 1.75. The topological polar surface area (TPSA) is 78.6 Å². The molecule has 0 saturated carbocycles. The monoisotopic (exact) mass is 367 g/mol. The van der Waals surface area contributed by atoms with Crippen LogP contribution >= 0.6 is 0 Å². The van der Waals surface area contributed by atoms with Gasteiger partial charge in [-0.3, -0.25) is 9.69 Å². The Hall–Kier alpha value is -2.21. The first-order valence-electron chi connectivity index (χ1n) is 9.67. The number of hydrogen-bond donors (Lipinski definition) is 3. The van der Waals surface area contributed by atoms with Crippen LogP contribution < -0.4 is 11.1 Å². The molecule has 1 amide bonds. The van der Waals surface area contributed by atoms with Gasteiger partial charge in [-0.15, -0.1) is 0 Å². The lowest BCUT2D eigenvalue weighted by molar-refractivity contribution is -0.126. The summed E-state index contributed by atoms with van der Waals surface area (Å²) in [5.74, 6) is 0.0279. The van der Waals surface area contributed by atoms with Gasteiger partial charge < -0.3 is 16.2 Å². The van der Waals surface area contributed by atoms with E-state index in [4.69, 9.17) is 5.73 Å². The van der Waals surface area contributed by atoms with Gasteiger partial charge in [0.15, 0.2) is 0 Å². The number of carbonyl (C=O) groups is 1. The number of likely N-dealkylation sites (tertiary alicyclic amines) is 1. The lowest BCUT2D eigenvalue weighted by Gasteiger charge is -2.28. The van der Waals surface area contributed by atoms with Crippen molar-refractivity contribution in [1.82, 2.24) is 10.2 Å². The minimum absolute atomic E-state index is 0.0279. The van der Waals surface area contributed by atoms with Crippen LogP contribution in [0.3, 0.4) is 0 Å². The average Bonchev–Trinajstić information content (AvgIpc) is 3.16. The largest absolute Gasteiger partial charge is 0.390 e. The Kier molecular flexibility index (Phi) is 6.98. The number of amides is 1. The molecule has 2 aromatic carbocycles. The van der Waals surface area contributed by atoms with Crippen LogP contribution in [0.1, 0.15) is 24.0 Å². The van der Waals surface area contributed by atoms with E-state index in [0.717, 1.165) is 30.5 Å². The standard InChI is InChI=1S/C22H29N3O2/c23-19(14-17-8-3-1-4-9-17)21(26)16-25-13-7-12-20(25)22(27)24-15-18-10-5-2-6-11-18/h1-6,8-11,19-21,26H,7,12-16,23H2,(H,24,27)/t19?,20-,21?/m0/s1. The van der Waals surface area contributed by atoms with Gasteiger partial charge in [0.25, 0.3) is 0 Å². The average molecular weight is 367 g/mol. The maximum Gasteiger partial charge on any atom is 0.237 e. The van der Waals surface area contributed by atoms with E-state index in [-0.39, 0.29) is 18.0 Å². The fourth-order valence-corrected chi connectivity index (χ4v) is 3.64. The highest BCUT2D eigenvalue weighted by atomic mass is 16.3. The van der Waals surface area contributed by atoms with Gasteiger partial charge in [0.2, 0.25) is 5.91 Å². The molecule has 3 atom stereocenters. The van der Waals surface area contributed by atoms with Crippen molar-refractivity contribution < 1.29 is 9.90 Å². The molecule has 0 spiro atoms. The van der Waals surface area contributed by atoms with Crippen LogP contribution in [0, 0.1) is 0 Å². The third kappa shape index (κ3) is 5.63. The maximum atomic E-state index is 12.6. The molecule has 0 aliphatic carbocycles. The zero-order valence-corrected chi connectivity index (χ0v) is 15.6. The zero-order chi connectivity index (χ0) is 19.1. The van der Waals surface area contributed by atoms with Gasteiger partial charge >= 0.3 is 0 Å². The van der Waals surface area contributed by atoms with Gasteiger partial charge in [-0.05, 0) is 36.9 Å². The van der Waals surface area contributed by atoms with E-state index in [1.807, 2.05) is 60.7 Å². The number of hydrogen-bond acceptors (Lipinski definition) is 4. The van der Waals surface area contributed by atoms with E-state index in [1.54, 1.807) is 0 Å². The first-order chi connectivity index (χ1) is 13.1. The third-order valence-electron chi connectivity index (χ3n) is 5.21. The molecule has 3 rings (SSSR count). The molecule has 1 aliphatic heterocycles. The fourth-order valence-electron chi connectivity index (χ4n) is 3.64. The molecule has 5 nitrogen and oxygen atoms in total. The van der Waals surface area contributed by atoms with Gasteiger partial charge in [0.05, 0.1) is 12.1 Å². The number of rotatable bonds is 8. The number of aliphatic hydroxyl groups excluding tert-OH is 1. The lowest BCUT2D eigenvalue weighted by Crippen LogP contribution is -2.49. The van der Waals surface area contributed by atoms with Crippen molar-refractivity contribution in [3.63, 3.8) is 0 Å². The Morgan fingerprint density at radius 2 is 1.74 bits per heavy atom. The number of nitrogens with one attached hydrogen (secondary N) is 1. The summed E-state index contributed by atoms with van der Waals surface area (Å²) >= 11 is 0. The van der Waals surface area contributed by atoms with Gasteiger partial charge in [-0.2, -0.15) is 0 Å². The Labute approximate surface area is 161 Å². The molecule has 27 heavy (non-hydrogen) atoms. The first kappa shape index (κ1) is 19.5. The summed E-state index contributed by atoms with van der Waals surface area (Å²) in [6.45, 7) is 1.77. The van der Waals surface area contributed by atoms with E-state index >= 15 is 0 Å². The predicted molar refractivity (Wildman–Crippen MR) is 107 cm³/mol. The molecular weight excluding hydrogens is 338 g/mol. The van der Waals surface area contributed by atoms with Crippen LogP contribution in [0.25, 0.3) is 0 Å². The summed E-state index contributed by atoms with van der Waals surface area (Å²) in [7, 11) is 0. The van der Waals surface area contributed by atoms with Gasteiger partial charge in [-0.1, -0.05) is 60.7 Å². The highest BCUT2D eigenvalue weighted by Crippen LogP contribution is 2.19. The fraction of sp³-hybridized carbons (Fsp3) is 0.409. The first-order valence-corrected chi connectivity index (χ1v) is 9.67. The number of aliphatic hydroxyl groups is 1. The number of nitrogens with two attached hydrogens (primary N) is 1. The SMILES string of the molecule is NC(Cc1ccccc1)C(O)CN1CCC[C@H]1C(=O)NCc1ccccc1. The number of nitrogens with zero attached hydrogens (tertiary/aromatic N) is 1. The molecule has 0 radical (unpaired) electrons. The van der Waals surface area contributed by atoms with Crippen LogP contribution in [-0.2, 0) is 17.8 Å². The third-order valence-corrected chi connectivity index (χ3v) is 5.21. The molecule has 5 heteroatoms.